The molecule has 0 aliphatic heterocycles. The van der Waals surface area contributed by atoms with Gasteiger partial charge in [-0.1, -0.05) is 36.0 Å². The third kappa shape index (κ3) is 3.71. The molecular weight excluding hydrogens is 505 g/mol. The molecule has 0 fully saturated rings. The fourth-order valence-corrected chi connectivity index (χ4v) is 2.51. The first kappa shape index (κ1) is 18.0. The van der Waals surface area contributed by atoms with Crippen molar-refractivity contribution in [2.75, 3.05) is 0 Å². The summed E-state index contributed by atoms with van der Waals surface area (Å²) in [7, 11) is 0. The van der Waals surface area contributed by atoms with Gasteiger partial charge < -0.3 is 14.3 Å². The van der Waals surface area contributed by atoms with Gasteiger partial charge in [-0.25, -0.2) is 0 Å². The molecular formula is C21H13N3OPt. The number of benzene rings is 1. The molecule has 4 rings (SSSR count). The predicted octanol–water partition coefficient (Wildman–Crippen LogP) is 3.76. The monoisotopic (exact) mass is 518 g/mol. The molecule has 0 amide bonds. The molecule has 26 heavy (non-hydrogen) atoms. The Bertz CT molecular complexity index is 1010. The van der Waals surface area contributed by atoms with E-state index in [1.54, 1.807) is 29.1 Å². The summed E-state index contributed by atoms with van der Waals surface area (Å²) in [6.07, 6.45) is 6.51. The SMILES string of the molecule is O=C(c1[c-]n(-c2ccccn2)cc1)c1cccc(-c2[c-]cccc2)n1.[Pt+2]. The van der Waals surface area contributed by atoms with Gasteiger partial charge in [-0.05, 0) is 24.0 Å². The number of pyridine rings is 2. The van der Waals surface area contributed by atoms with Crippen molar-refractivity contribution >= 4 is 5.78 Å². The molecule has 0 spiro atoms. The second-order valence-corrected chi connectivity index (χ2v) is 5.41. The molecule has 0 atom stereocenters. The van der Waals surface area contributed by atoms with Gasteiger partial charge in [-0.3, -0.25) is 4.98 Å². The zero-order valence-electron chi connectivity index (χ0n) is 13.6. The molecule has 128 valence electrons. The Morgan fingerprint density at radius 3 is 2.62 bits per heavy atom. The van der Waals surface area contributed by atoms with E-state index in [2.05, 4.69) is 22.2 Å². The van der Waals surface area contributed by atoms with E-state index < -0.39 is 0 Å². The summed E-state index contributed by atoms with van der Waals surface area (Å²) in [5, 5.41) is 0. The van der Waals surface area contributed by atoms with Crippen molar-refractivity contribution in [2.24, 2.45) is 0 Å². The molecule has 1 aromatic carbocycles. The Kier molecular flexibility index (Phi) is 5.54. The third-order valence-electron chi connectivity index (χ3n) is 3.74. The molecule has 4 nitrogen and oxygen atoms in total. The van der Waals surface area contributed by atoms with E-state index in [4.69, 9.17) is 0 Å². The van der Waals surface area contributed by atoms with Gasteiger partial charge in [0.25, 0.3) is 0 Å². The summed E-state index contributed by atoms with van der Waals surface area (Å²) in [4.78, 5) is 21.5. The standard InChI is InChI=1S/C21H13N3O.Pt/c25-21(17-12-14-24(15-17)20-11-4-5-13-22-20)19-10-6-9-18(23-19)16-7-2-1-3-8-16;/h1-7,9-14H;/q-2;+2. The average Bonchev–Trinajstić information content (AvgIpc) is 3.19. The van der Waals surface area contributed by atoms with Crippen LogP contribution >= 0.6 is 0 Å². The molecule has 0 N–H and O–H groups in total. The number of ketones is 1. The first-order valence-electron chi connectivity index (χ1n) is 7.82. The topological polar surface area (TPSA) is 47.8 Å². The molecule has 0 saturated carbocycles. The predicted molar refractivity (Wildman–Crippen MR) is 94.3 cm³/mol. The van der Waals surface area contributed by atoms with Crippen molar-refractivity contribution in [2.45, 2.75) is 0 Å². The zero-order chi connectivity index (χ0) is 17.1. The molecule has 0 radical (unpaired) electrons. The maximum absolute atomic E-state index is 12.7. The second kappa shape index (κ2) is 8.02. The Balaban J connectivity index is 0.00000196. The van der Waals surface area contributed by atoms with Crippen molar-refractivity contribution in [3.8, 4) is 17.1 Å². The van der Waals surface area contributed by atoms with Crippen LogP contribution in [0.5, 0.6) is 0 Å². The first-order chi connectivity index (χ1) is 12.3. The largest absolute Gasteiger partial charge is 2.00 e. The van der Waals surface area contributed by atoms with Crippen LogP contribution in [0.2, 0.25) is 0 Å². The van der Waals surface area contributed by atoms with Gasteiger partial charge in [-0.2, -0.15) is 0 Å². The van der Waals surface area contributed by atoms with Crippen LogP contribution in [0, 0.1) is 12.3 Å². The minimum atomic E-state index is -0.174. The second-order valence-electron chi connectivity index (χ2n) is 5.41. The van der Waals surface area contributed by atoms with Gasteiger partial charge in [0.2, 0.25) is 0 Å². The van der Waals surface area contributed by atoms with Gasteiger partial charge in [0.05, 0.1) is 11.5 Å². The van der Waals surface area contributed by atoms with E-state index in [0.717, 1.165) is 11.3 Å². The van der Waals surface area contributed by atoms with Crippen molar-refractivity contribution in [1.82, 2.24) is 14.5 Å². The van der Waals surface area contributed by atoms with E-state index in [1.807, 2.05) is 54.6 Å². The zero-order valence-corrected chi connectivity index (χ0v) is 15.8. The Morgan fingerprint density at radius 2 is 1.85 bits per heavy atom. The molecule has 4 aromatic rings. The molecule has 5 heteroatoms. The van der Waals surface area contributed by atoms with E-state index in [0.29, 0.717) is 17.1 Å². The fourth-order valence-electron chi connectivity index (χ4n) is 2.51. The molecule has 3 aromatic heterocycles. The first-order valence-corrected chi connectivity index (χ1v) is 7.82. The van der Waals surface area contributed by atoms with E-state index in [9.17, 15) is 4.79 Å². The molecule has 0 aliphatic carbocycles. The maximum Gasteiger partial charge on any atom is 2.00 e. The maximum atomic E-state index is 12.7. The van der Waals surface area contributed by atoms with Crippen LogP contribution in [-0.2, 0) is 21.1 Å². The van der Waals surface area contributed by atoms with Crippen LogP contribution in [-0.4, -0.2) is 20.3 Å². The molecule has 0 aliphatic rings. The number of rotatable bonds is 4. The summed E-state index contributed by atoms with van der Waals surface area (Å²) in [5.74, 6) is 0.537. The van der Waals surface area contributed by atoms with Crippen molar-refractivity contribution in [1.29, 1.82) is 0 Å². The number of aromatic nitrogens is 3. The van der Waals surface area contributed by atoms with Crippen LogP contribution < -0.4 is 0 Å². The molecule has 3 heterocycles. The van der Waals surface area contributed by atoms with Crippen LogP contribution in [0.4, 0.5) is 0 Å². The van der Waals surface area contributed by atoms with E-state index in [1.165, 1.54) is 0 Å². The van der Waals surface area contributed by atoms with E-state index >= 15 is 0 Å². The summed E-state index contributed by atoms with van der Waals surface area (Å²) in [5.41, 5.74) is 2.40. The third-order valence-corrected chi connectivity index (χ3v) is 3.74. The van der Waals surface area contributed by atoms with Crippen LogP contribution in [0.3, 0.4) is 0 Å². The van der Waals surface area contributed by atoms with Gasteiger partial charge in [0.15, 0.2) is 0 Å². The minimum absolute atomic E-state index is 0. The van der Waals surface area contributed by atoms with Gasteiger partial charge >= 0.3 is 21.1 Å². The number of carbonyl (C=O) groups excluding carboxylic acids is 1. The Labute approximate surface area is 165 Å². The smallest absolute Gasteiger partial charge is 0.409 e. The van der Waals surface area contributed by atoms with Crippen molar-refractivity contribution < 1.29 is 25.9 Å². The van der Waals surface area contributed by atoms with Gasteiger partial charge in [0.1, 0.15) is 5.78 Å². The number of carbonyl (C=O) groups is 1. The summed E-state index contributed by atoms with van der Waals surface area (Å²) in [6.45, 7) is 0. The Morgan fingerprint density at radius 1 is 0.962 bits per heavy atom. The average molecular weight is 518 g/mol. The van der Waals surface area contributed by atoms with Crippen LogP contribution in [0.15, 0.2) is 79.1 Å². The normalized spacial score (nSPS) is 10.2. The van der Waals surface area contributed by atoms with Crippen LogP contribution in [0.25, 0.3) is 17.1 Å². The quantitative estimate of drug-likeness (QED) is 0.306. The minimum Gasteiger partial charge on any atom is -0.409 e. The number of hydrogen-bond donors (Lipinski definition) is 0. The number of nitrogens with zero attached hydrogens (tertiary/aromatic N) is 3. The summed E-state index contributed by atoms with van der Waals surface area (Å²) in [6, 6.07) is 23.4. The van der Waals surface area contributed by atoms with Crippen LogP contribution in [0.1, 0.15) is 16.1 Å². The molecule has 0 unspecified atom stereocenters. The number of hydrogen-bond acceptors (Lipinski definition) is 3. The van der Waals surface area contributed by atoms with Crippen molar-refractivity contribution in [3.05, 3.63) is 103 Å². The van der Waals surface area contributed by atoms with Gasteiger partial charge in [0, 0.05) is 6.20 Å². The molecule has 0 saturated heterocycles. The van der Waals surface area contributed by atoms with Crippen molar-refractivity contribution in [3.63, 3.8) is 0 Å². The Hall–Kier alpha value is -2.84. The summed E-state index contributed by atoms with van der Waals surface area (Å²) < 4.78 is 1.70. The molecule has 0 bridgehead atoms. The summed E-state index contributed by atoms with van der Waals surface area (Å²) >= 11 is 0. The van der Waals surface area contributed by atoms with E-state index in [-0.39, 0.29) is 26.8 Å². The fraction of sp³-hybridized carbons (Fsp3) is 0. The van der Waals surface area contributed by atoms with Gasteiger partial charge in [-0.15, -0.1) is 42.0 Å².